The Morgan fingerprint density at radius 3 is 2.42 bits per heavy atom. The van der Waals surface area contributed by atoms with Crippen molar-refractivity contribution in [2.45, 2.75) is 27.3 Å². The summed E-state index contributed by atoms with van der Waals surface area (Å²) in [4.78, 5) is 8.45. The van der Waals surface area contributed by atoms with Gasteiger partial charge in [-0.15, -0.1) is 0 Å². The highest BCUT2D eigenvalue weighted by Gasteiger charge is 2.10. The summed E-state index contributed by atoms with van der Waals surface area (Å²) in [7, 11) is 3.81. The lowest BCUT2D eigenvalue weighted by atomic mass is 10.2. The van der Waals surface area contributed by atoms with E-state index in [1.54, 1.807) is 6.33 Å². The van der Waals surface area contributed by atoms with Gasteiger partial charge in [0.25, 0.3) is 0 Å². The molecule has 2 aromatic heterocycles. The van der Waals surface area contributed by atoms with Gasteiger partial charge in [0, 0.05) is 37.5 Å². The largest absolute Gasteiger partial charge is 0.373 e. The van der Waals surface area contributed by atoms with Crippen LogP contribution in [0.25, 0.3) is 0 Å². The van der Waals surface area contributed by atoms with E-state index in [1.807, 2.05) is 32.6 Å². The van der Waals surface area contributed by atoms with Crippen LogP contribution in [0.2, 0.25) is 0 Å². The summed E-state index contributed by atoms with van der Waals surface area (Å²) in [5, 5.41) is 10.8. The molecule has 102 valence electrons. The van der Waals surface area contributed by atoms with Crippen molar-refractivity contribution in [3.05, 3.63) is 28.8 Å². The quantitative estimate of drug-likeness (QED) is 0.877. The van der Waals surface area contributed by atoms with Crippen molar-refractivity contribution in [1.29, 1.82) is 0 Å². The summed E-state index contributed by atoms with van der Waals surface area (Å²) in [6.07, 6.45) is 1.56. The normalized spacial score (nSPS) is 10.6. The van der Waals surface area contributed by atoms with Gasteiger partial charge in [-0.25, -0.2) is 9.97 Å². The van der Waals surface area contributed by atoms with E-state index in [9.17, 15) is 0 Å². The molecule has 0 atom stereocenters. The fraction of sp³-hybridized carbons (Fsp3) is 0.462. The smallest absolute Gasteiger partial charge is 0.134 e. The van der Waals surface area contributed by atoms with Gasteiger partial charge in [0.2, 0.25) is 0 Å². The van der Waals surface area contributed by atoms with Crippen LogP contribution in [-0.4, -0.2) is 26.8 Å². The number of nitrogens with zero attached hydrogens (tertiary/aromatic N) is 4. The van der Waals surface area contributed by atoms with Crippen molar-refractivity contribution in [3.63, 3.8) is 0 Å². The lowest BCUT2D eigenvalue weighted by molar-refractivity contribution is 0.730. The Hall–Kier alpha value is -2.11. The van der Waals surface area contributed by atoms with Crippen LogP contribution in [0.4, 0.5) is 11.6 Å². The molecule has 0 fully saturated rings. The average Bonchev–Trinajstić information content (AvgIpc) is 2.63. The number of aryl methyl sites for hydroxylation is 2. The molecule has 0 spiro atoms. The van der Waals surface area contributed by atoms with Gasteiger partial charge in [-0.3, -0.25) is 4.68 Å². The van der Waals surface area contributed by atoms with Crippen LogP contribution in [0.1, 0.15) is 22.5 Å². The zero-order valence-corrected chi connectivity index (χ0v) is 12.1. The highest BCUT2D eigenvalue weighted by molar-refractivity contribution is 5.56. The topological polar surface area (TPSA) is 67.7 Å². The Morgan fingerprint density at radius 1 is 1.16 bits per heavy atom. The molecule has 2 rings (SSSR count). The zero-order chi connectivity index (χ0) is 14.0. The van der Waals surface area contributed by atoms with Crippen LogP contribution in [0.15, 0.2) is 6.33 Å². The molecular formula is C13H20N6. The number of aromatic nitrogens is 4. The monoisotopic (exact) mass is 260 g/mol. The van der Waals surface area contributed by atoms with Crippen LogP contribution in [0.3, 0.4) is 0 Å². The summed E-state index contributed by atoms with van der Waals surface area (Å²) in [5.74, 6) is 1.69. The van der Waals surface area contributed by atoms with Crippen molar-refractivity contribution >= 4 is 11.6 Å². The second-order valence-corrected chi connectivity index (χ2v) is 4.57. The van der Waals surface area contributed by atoms with E-state index in [1.165, 1.54) is 11.3 Å². The molecule has 0 aliphatic rings. The molecule has 0 unspecified atom stereocenters. The third-order valence-electron chi connectivity index (χ3n) is 3.41. The first-order valence-corrected chi connectivity index (χ1v) is 6.27. The Morgan fingerprint density at radius 2 is 1.84 bits per heavy atom. The Balaban J connectivity index is 2.19. The summed E-state index contributed by atoms with van der Waals surface area (Å²) >= 11 is 0. The van der Waals surface area contributed by atoms with Gasteiger partial charge in [0.1, 0.15) is 18.0 Å². The van der Waals surface area contributed by atoms with E-state index in [-0.39, 0.29) is 0 Å². The van der Waals surface area contributed by atoms with Crippen LogP contribution < -0.4 is 10.6 Å². The van der Waals surface area contributed by atoms with Crippen molar-refractivity contribution in [1.82, 2.24) is 19.7 Å². The molecule has 0 amide bonds. The number of hydrogen-bond acceptors (Lipinski definition) is 5. The first-order chi connectivity index (χ1) is 9.04. The minimum Gasteiger partial charge on any atom is -0.373 e. The van der Waals surface area contributed by atoms with Gasteiger partial charge in [-0.1, -0.05) is 0 Å². The molecule has 2 aromatic rings. The first-order valence-electron chi connectivity index (χ1n) is 6.27. The second kappa shape index (κ2) is 5.26. The third kappa shape index (κ3) is 2.52. The number of nitrogens with one attached hydrogen (secondary N) is 2. The molecule has 2 heterocycles. The molecule has 6 nitrogen and oxygen atoms in total. The third-order valence-corrected chi connectivity index (χ3v) is 3.41. The lowest BCUT2D eigenvalue weighted by Crippen LogP contribution is -2.07. The summed E-state index contributed by atoms with van der Waals surface area (Å²) in [6, 6.07) is 0. The fourth-order valence-corrected chi connectivity index (χ4v) is 2.13. The molecule has 0 radical (unpaired) electrons. The standard InChI is InChI=1S/C13H20N6/c1-8-12(14-4)16-7-17-13(8)15-6-11-9(2)18-19(5)10(11)3/h7H,6H2,1-5H3,(H2,14,15,16,17). The van der Waals surface area contributed by atoms with Crippen LogP contribution in [0.5, 0.6) is 0 Å². The number of anilines is 2. The molecular weight excluding hydrogens is 240 g/mol. The summed E-state index contributed by atoms with van der Waals surface area (Å²) in [6.45, 7) is 6.81. The van der Waals surface area contributed by atoms with Crippen molar-refractivity contribution in [3.8, 4) is 0 Å². The maximum absolute atomic E-state index is 4.41. The second-order valence-electron chi connectivity index (χ2n) is 4.57. The molecule has 19 heavy (non-hydrogen) atoms. The van der Waals surface area contributed by atoms with E-state index in [4.69, 9.17) is 0 Å². The molecule has 6 heteroatoms. The van der Waals surface area contributed by atoms with Crippen molar-refractivity contribution in [2.75, 3.05) is 17.7 Å². The highest BCUT2D eigenvalue weighted by atomic mass is 15.3. The first kappa shape index (κ1) is 13.3. The van der Waals surface area contributed by atoms with Crippen LogP contribution >= 0.6 is 0 Å². The summed E-state index contributed by atoms with van der Waals surface area (Å²) in [5.41, 5.74) is 4.45. The molecule has 0 saturated carbocycles. The maximum atomic E-state index is 4.41. The van der Waals surface area contributed by atoms with Crippen molar-refractivity contribution in [2.24, 2.45) is 7.05 Å². The predicted octanol–water partition coefficient (Wildman–Crippen LogP) is 1.79. The Bertz CT molecular complexity index is 587. The minimum atomic E-state index is 0.715. The molecule has 0 aliphatic heterocycles. The molecule has 0 aliphatic carbocycles. The van der Waals surface area contributed by atoms with Gasteiger partial charge in [0.15, 0.2) is 0 Å². The number of rotatable bonds is 4. The SMILES string of the molecule is CNc1ncnc(NCc2c(C)nn(C)c2C)c1C. The predicted molar refractivity (Wildman–Crippen MR) is 76.3 cm³/mol. The number of hydrogen-bond donors (Lipinski definition) is 2. The summed E-state index contributed by atoms with van der Waals surface area (Å²) < 4.78 is 1.90. The highest BCUT2D eigenvalue weighted by Crippen LogP contribution is 2.19. The van der Waals surface area contributed by atoms with Gasteiger partial charge < -0.3 is 10.6 Å². The van der Waals surface area contributed by atoms with E-state index in [0.717, 1.165) is 22.9 Å². The van der Waals surface area contributed by atoms with E-state index < -0.39 is 0 Å². The average molecular weight is 260 g/mol. The van der Waals surface area contributed by atoms with Gasteiger partial charge >= 0.3 is 0 Å². The van der Waals surface area contributed by atoms with Crippen LogP contribution in [0, 0.1) is 20.8 Å². The van der Waals surface area contributed by atoms with Gasteiger partial charge in [0.05, 0.1) is 5.69 Å². The van der Waals surface area contributed by atoms with E-state index in [2.05, 4.69) is 32.6 Å². The molecule has 2 N–H and O–H groups in total. The minimum absolute atomic E-state index is 0.715. The zero-order valence-electron chi connectivity index (χ0n) is 12.1. The van der Waals surface area contributed by atoms with Gasteiger partial charge in [-0.2, -0.15) is 5.10 Å². The fourth-order valence-electron chi connectivity index (χ4n) is 2.13. The van der Waals surface area contributed by atoms with E-state index >= 15 is 0 Å². The lowest BCUT2D eigenvalue weighted by Gasteiger charge is -2.11. The molecule has 0 aromatic carbocycles. The van der Waals surface area contributed by atoms with Crippen LogP contribution in [-0.2, 0) is 13.6 Å². The Labute approximate surface area is 113 Å². The van der Waals surface area contributed by atoms with E-state index in [0.29, 0.717) is 6.54 Å². The molecule has 0 bridgehead atoms. The molecule has 0 saturated heterocycles. The maximum Gasteiger partial charge on any atom is 0.134 e. The Kier molecular flexibility index (Phi) is 3.69. The van der Waals surface area contributed by atoms with Crippen molar-refractivity contribution < 1.29 is 0 Å². The van der Waals surface area contributed by atoms with Gasteiger partial charge in [-0.05, 0) is 20.8 Å².